The maximum Gasteiger partial charge on any atom is 0.261 e. The number of carbonyl (C=O) groups is 1. The highest BCUT2D eigenvalue weighted by Gasteiger charge is 2.34. The van der Waals surface area contributed by atoms with Crippen molar-refractivity contribution >= 4 is 27.3 Å². The molecule has 3 rings (SSSR count). The van der Waals surface area contributed by atoms with Crippen molar-refractivity contribution in [2.45, 2.75) is 52.6 Å². The molecule has 1 heterocycles. The number of nitrogens with zero attached hydrogens (tertiary/aromatic N) is 1. The number of hydrogen-bond donors (Lipinski definition) is 0. The van der Waals surface area contributed by atoms with Gasteiger partial charge in [-0.25, -0.2) is 8.42 Å². The first kappa shape index (κ1) is 23.6. The van der Waals surface area contributed by atoms with Crippen LogP contribution in [0.25, 0.3) is 0 Å². The van der Waals surface area contributed by atoms with E-state index >= 15 is 0 Å². The molecule has 1 fully saturated rings. The van der Waals surface area contributed by atoms with Crippen LogP contribution >= 0.6 is 11.6 Å². The van der Waals surface area contributed by atoms with Crippen LogP contribution < -0.4 is 4.74 Å². The molecule has 168 valence electrons. The average molecular weight is 464 g/mol. The zero-order valence-electron chi connectivity index (χ0n) is 18.5. The van der Waals surface area contributed by atoms with E-state index in [1.807, 2.05) is 26.0 Å². The minimum atomic E-state index is -3.12. The first-order valence-corrected chi connectivity index (χ1v) is 12.7. The molecule has 0 spiro atoms. The van der Waals surface area contributed by atoms with Gasteiger partial charge in [0.25, 0.3) is 5.91 Å². The molecule has 0 bridgehead atoms. The molecule has 0 aromatic heterocycles. The summed E-state index contributed by atoms with van der Waals surface area (Å²) in [5.74, 6) is 0.895. The zero-order chi connectivity index (χ0) is 22.8. The van der Waals surface area contributed by atoms with Gasteiger partial charge >= 0.3 is 0 Å². The van der Waals surface area contributed by atoms with Crippen molar-refractivity contribution in [3.63, 3.8) is 0 Å². The van der Waals surface area contributed by atoms with Crippen molar-refractivity contribution in [1.82, 2.24) is 4.90 Å². The summed E-state index contributed by atoms with van der Waals surface area (Å²) >= 11 is 6.21. The van der Waals surface area contributed by atoms with E-state index in [-0.39, 0.29) is 30.1 Å². The minimum absolute atomic E-state index is 0.00196. The molecule has 31 heavy (non-hydrogen) atoms. The van der Waals surface area contributed by atoms with Crippen LogP contribution in [0.3, 0.4) is 0 Å². The standard InChI is InChI=1S/C24H30ClNO4S/c1-16(2)20-7-5-19(6-8-20)13-26(21-9-10-31(28,29)15-21)23(27)14-30-22-11-17(3)24(25)18(4)12-22/h5-8,11-12,16,21H,9-10,13-15H2,1-4H3/t21-/m1/s1. The molecular weight excluding hydrogens is 434 g/mol. The lowest BCUT2D eigenvalue weighted by Crippen LogP contribution is -2.43. The Balaban J connectivity index is 1.76. The smallest absolute Gasteiger partial charge is 0.261 e. The van der Waals surface area contributed by atoms with Gasteiger partial charge in [0.1, 0.15) is 5.75 Å². The SMILES string of the molecule is Cc1cc(OCC(=O)N(Cc2ccc(C(C)C)cc2)[C@@H]2CCS(=O)(=O)C2)cc(C)c1Cl. The molecule has 1 amide bonds. The van der Waals surface area contributed by atoms with Crippen LogP contribution in [0.1, 0.15) is 48.4 Å². The normalized spacial score (nSPS) is 17.7. The number of aryl methyl sites for hydroxylation is 2. The summed E-state index contributed by atoms with van der Waals surface area (Å²) in [6.07, 6.45) is 0.456. The summed E-state index contributed by atoms with van der Waals surface area (Å²) < 4.78 is 29.9. The van der Waals surface area contributed by atoms with E-state index in [0.29, 0.717) is 29.7 Å². The third-order valence-corrected chi connectivity index (χ3v) is 8.09. The molecule has 1 atom stereocenters. The Morgan fingerprint density at radius 3 is 2.29 bits per heavy atom. The summed E-state index contributed by atoms with van der Waals surface area (Å²) in [6.45, 7) is 8.25. The van der Waals surface area contributed by atoms with Crippen LogP contribution in [0.4, 0.5) is 0 Å². The van der Waals surface area contributed by atoms with Gasteiger partial charge in [-0.05, 0) is 60.6 Å². The van der Waals surface area contributed by atoms with E-state index in [1.54, 1.807) is 17.0 Å². The Labute approximate surface area is 190 Å². The van der Waals surface area contributed by atoms with Gasteiger partial charge in [0.15, 0.2) is 16.4 Å². The summed E-state index contributed by atoms with van der Waals surface area (Å²) in [6, 6.07) is 11.4. The molecule has 2 aromatic carbocycles. The fourth-order valence-corrected chi connectivity index (χ4v) is 5.70. The van der Waals surface area contributed by atoms with E-state index in [9.17, 15) is 13.2 Å². The molecule has 5 nitrogen and oxygen atoms in total. The second-order valence-electron chi connectivity index (χ2n) is 8.63. The van der Waals surface area contributed by atoms with E-state index in [1.165, 1.54) is 5.56 Å². The van der Waals surface area contributed by atoms with Crippen molar-refractivity contribution < 1.29 is 17.9 Å². The third-order valence-electron chi connectivity index (χ3n) is 5.74. The van der Waals surface area contributed by atoms with Gasteiger partial charge in [-0.1, -0.05) is 49.7 Å². The highest BCUT2D eigenvalue weighted by molar-refractivity contribution is 7.91. The number of amides is 1. The van der Waals surface area contributed by atoms with Crippen LogP contribution in [0.5, 0.6) is 5.75 Å². The summed E-state index contributed by atoms with van der Waals surface area (Å²) in [5.41, 5.74) is 3.96. The summed E-state index contributed by atoms with van der Waals surface area (Å²) in [5, 5.41) is 0.682. The predicted octanol–water partition coefficient (Wildman–Crippen LogP) is 4.67. The summed E-state index contributed by atoms with van der Waals surface area (Å²) in [7, 11) is -3.12. The second-order valence-corrected chi connectivity index (χ2v) is 11.2. The van der Waals surface area contributed by atoms with Crippen molar-refractivity contribution in [1.29, 1.82) is 0 Å². The van der Waals surface area contributed by atoms with E-state index in [0.717, 1.165) is 16.7 Å². The Morgan fingerprint density at radius 2 is 1.77 bits per heavy atom. The van der Waals surface area contributed by atoms with Crippen LogP contribution in [-0.4, -0.2) is 43.4 Å². The van der Waals surface area contributed by atoms with Gasteiger partial charge < -0.3 is 9.64 Å². The average Bonchev–Trinajstić information content (AvgIpc) is 3.08. The Kier molecular flexibility index (Phi) is 7.32. The molecule has 0 aliphatic carbocycles. The number of halogens is 1. The fourth-order valence-electron chi connectivity index (χ4n) is 3.86. The maximum atomic E-state index is 13.1. The molecule has 1 aliphatic rings. The summed E-state index contributed by atoms with van der Waals surface area (Å²) in [4.78, 5) is 14.8. The quantitative estimate of drug-likeness (QED) is 0.598. The lowest BCUT2D eigenvalue weighted by molar-refractivity contribution is -0.136. The van der Waals surface area contributed by atoms with Crippen molar-refractivity contribution in [3.8, 4) is 5.75 Å². The molecule has 0 unspecified atom stereocenters. The third kappa shape index (κ3) is 6.01. The fraction of sp³-hybridized carbons (Fsp3) is 0.458. The molecule has 2 aromatic rings. The second kappa shape index (κ2) is 9.61. The highest BCUT2D eigenvalue weighted by atomic mass is 35.5. The zero-order valence-corrected chi connectivity index (χ0v) is 20.1. The Bertz CT molecular complexity index is 1020. The molecule has 1 aliphatic heterocycles. The Hall–Kier alpha value is -2.05. The van der Waals surface area contributed by atoms with Crippen molar-refractivity contribution in [2.75, 3.05) is 18.1 Å². The number of benzene rings is 2. The largest absolute Gasteiger partial charge is 0.484 e. The number of ether oxygens (including phenoxy) is 1. The maximum absolute atomic E-state index is 13.1. The van der Waals surface area contributed by atoms with Crippen LogP contribution in [0.2, 0.25) is 5.02 Å². The molecule has 7 heteroatoms. The number of hydrogen-bond acceptors (Lipinski definition) is 4. The Morgan fingerprint density at radius 1 is 1.16 bits per heavy atom. The van der Waals surface area contributed by atoms with Crippen molar-refractivity contribution in [2.24, 2.45) is 0 Å². The van der Waals surface area contributed by atoms with Gasteiger partial charge in [-0.3, -0.25) is 4.79 Å². The van der Waals surface area contributed by atoms with Gasteiger partial charge in [0.05, 0.1) is 11.5 Å². The van der Waals surface area contributed by atoms with E-state index < -0.39 is 9.84 Å². The van der Waals surface area contributed by atoms with Crippen LogP contribution in [0.15, 0.2) is 36.4 Å². The number of carbonyl (C=O) groups excluding carboxylic acids is 1. The number of rotatable bonds is 7. The molecule has 0 radical (unpaired) electrons. The molecule has 0 saturated carbocycles. The molecule has 0 N–H and O–H groups in total. The van der Waals surface area contributed by atoms with Gasteiger partial charge in [0.2, 0.25) is 0 Å². The van der Waals surface area contributed by atoms with Crippen LogP contribution in [0, 0.1) is 13.8 Å². The predicted molar refractivity (Wildman–Crippen MR) is 125 cm³/mol. The van der Waals surface area contributed by atoms with Crippen molar-refractivity contribution in [3.05, 3.63) is 63.7 Å². The van der Waals surface area contributed by atoms with Gasteiger partial charge in [-0.2, -0.15) is 0 Å². The lowest BCUT2D eigenvalue weighted by atomic mass is 10.0. The topological polar surface area (TPSA) is 63.7 Å². The van der Waals surface area contributed by atoms with Gasteiger partial charge in [-0.15, -0.1) is 0 Å². The van der Waals surface area contributed by atoms with E-state index in [4.69, 9.17) is 16.3 Å². The first-order valence-electron chi connectivity index (χ1n) is 10.5. The van der Waals surface area contributed by atoms with Crippen LogP contribution in [-0.2, 0) is 21.2 Å². The monoisotopic (exact) mass is 463 g/mol. The molecule has 1 saturated heterocycles. The molecular formula is C24H30ClNO4S. The van der Waals surface area contributed by atoms with E-state index in [2.05, 4.69) is 26.0 Å². The lowest BCUT2D eigenvalue weighted by Gasteiger charge is -2.28. The number of sulfone groups is 1. The minimum Gasteiger partial charge on any atom is -0.484 e. The highest BCUT2D eigenvalue weighted by Crippen LogP contribution is 2.26. The van der Waals surface area contributed by atoms with Gasteiger partial charge in [0, 0.05) is 17.6 Å². The first-order chi connectivity index (χ1) is 14.6.